The molecule has 1 aromatic rings. The van der Waals surface area contributed by atoms with Gasteiger partial charge in [-0.1, -0.05) is 13.8 Å². The van der Waals surface area contributed by atoms with E-state index in [1.54, 1.807) is 6.92 Å². The number of carbonyl (C=O) groups excluding carboxylic acids is 1. The summed E-state index contributed by atoms with van der Waals surface area (Å²) in [5.74, 6) is -0.510. The van der Waals surface area contributed by atoms with Crippen LogP contribution in [0.15, 0.2) is 15.7 Å². The van der Waals surface area contributed by atoms with Crippen LogP contribution in [0, 0.1) is 6.92 Å². The fourth-order valence-corrected chi connectivity index (χ4v) is 2.01. The summed E-state index contributed by atoms with van der Waals surface area (Å²) in [6.45, 7) is 8.91. The topological polar surface area (TPSA) is 95.3 Å². The maximum Gasteiger partial charge on any atom is 0.330 e. The Morgan fingerprint density at radius 2 is 1.91 bits per heavy atom. The zero-order chi connectivity index (χ0) is 16.5. The molecule has 0 aliphatic rings. The molecule has 0 aliphatic heterocycles. The Morgan fingerprint density at radius 1 is 1.23 bits per heavy atom. The van der Waals surface area contributed by atoms with Gasteiger partial charge in [0.05, 0.1) is 12.2 Å². The van der Waals surface area contributed by atoms with Gasteiger partial charge in [-0.25, -0.2) is 9.59 Å². The Morgan fingerprint density at radius 3 is 2.50 bits per heavy atom. The summed E-state index contributed by atoms with van der Waals surface area (Å²) >= 11 is 0. The van der Waals surface area contributed by atoms with E-state index >= 15 is 0 Å². The Hall–Kier alpha value is -2.15. The van der Waals surface area contributed by atoms with E-state index in [0.29, 0.717) is 12.3 Å². The van der Waals surface area contributed by atoms with E-state index in [0.717, 1.165) is 26.1 Å². The van der Waals surface area contributed by atoms with Crippen molar-refractivity contribution in [2.24, 2.45) is 0 Å². The molecular formula is C15H23N3O4. The van der Waals surface area contributed by atoms with Crippen LogP contribution in [-0.2, 0) is 9.53 Å². The smallest absolute Gasteiger partial charge is 0.330 e. The van der Waals surface area contributed by atoms with Crippen LogP contribution in [0.25, 0.3) is 6.08 Å². The molecular weight excluding hydrogens is 286 g/mol. The van der Waals surface area contributed by atoms with E-state index in [4.69, 9.17) is 4.74 Å². The summed E-state index contributed by atoms with van der Waals surface area (Å²) in [6.07, 6.45) is 3.30. The monoisotopic (exact) mass is 309 g/mol. The average molecular weight is 309 g/mol. The van der Waals surface area contributed by atoms with E-state index in [1.165, 1.54) is 12.2 Å². The third kappa shape index (κ3) is 5.69. The van der Waals surface area contributed by atoms with Crippen LogP contribution < -0.4 is 11.2 Å². The van der Waals surface area contributed by atoms with Crippen molar-refractivity contribution < 1.29 is 9.53 Å². The molecule has 0 saturated carbocycles. The molecule has 122 valence electrons. The van der Waals surface area contributed by atoms with Gasteiger partial charge in [-0.2, -0.15) is 0 Å². The van der Waals surface area contributed by atoms with Crippen molar-refractivity contribution in [1.29, 1.82) is 0 Å². The normalized spacial score (nSPS) is 11.3. The van der Waals surface area contributed by atoms with Crippen LogP contribution in [0.4, 0.5) is 0 Å². The van der Waals surface area contributed by atoms with Crippen LogP contribution in [0.2, 0.25) is 0 Å². The molecule has 1 heterocycles. The number of aryl methyl sites for hydroxylation is 1. The number of hydrogen-bond donors (Lipinski definition) is 2. The predicted molar refractivity (Wildman–Crippen MR) is 84.8 cm³/mol. The largest absolute Gasteiger partial charge is 0.462 e. The average Bonchev–Trinajstić information content (AvgIpc) is 2.46. The van der Waals surface area contributed by atoms with Crippen LogP contribution >= 0.6 is 0 Å². The lowest BCUT2D eigenvalue weighted by Gasteiger charge is -2.17. The molecule has 0 aromatic carbocycles. The molecule has 0 spiro atoms. The molecule has 1 rings (SSSR count). The van der Waals surface area contributed by atoms with E-state index in [1.807, 2.05) is 0 Å². The Kier molecular flexibility index (Phi) is 7.31. The molecule has 1 aromatic heterocycles. The molecule has 0 atom stereocenters. The number of aromatic nitrogens is 2. The van der Waals surface area contributed by atoms with E-state index in [-0.39, 0.29) is 5.56 Å². The van der Waals surface area contributed by atoms with Crippen molar-refractivity contribution in [3.63, 3.8) is 0 Å². The molecule has 0 radical (unpaired) electrons. The standard InChI is InChI=1S/C15H23N3O4/c1-4-18(5-2)9-6-10-22-13(19)8-7-12-11(3)16-15(21)17-14(12)20/h7-8H,4-6,9-10H2,1-3H3,(H2,16,17,20,21)/b8-7-. The highest BCUT2D eigenvalue weighted by molar-refractivity contribution is 5.87. The molecule has 0 fully saturated rings. The van der Waals surface area contributed by atoms with Gasteiger partial charge in [0.2, 0.25) is 0 Å². The summed E-state index contributed by atoms with van der Waals surface area (Å²) in [6, 6.07) is 0. The number of nitrogens with zero attached hydrogens (tertiary/aromatic N) is 1. The third-order valence-electron chi connectivity index (χ3n) is 3.32. The molecule has 7 nitrogen and oxygen atoms in total. The predicted octanol–water partition coefficient (Wildman–Crippen LogP) is 0.660. The first kappa shape index (κ1) is 17.9. The zero-order valence-electron chi connectivity index (χ0n) is 13.3. The molecule has 0 aliphatic carbocycles. The minimum Gasteiger partial charge on any atom is -0.462 e. The minimum atomic E-state index is -0.571. The summed E-state index contributed by atoms with van der Waals surface area (Å²) < 4.78 is 5.07. The number of rotatable bonds is 8. The van der Waals surface area contributed by atoms with Crippen molar-refractivity contribution in [2.75, 3.05) is 26.2 Å². The number of carbonyl (C=O) groups is 1. The first-order valence-corrected chi connectivity index (χ1v) is 7.38. The second kappa shape index (κ2) is 8.99. The van der Waals surface area contributed by atoms with Gasteiger partial charge in [0, 0.05) is 18.3 Å². The highest BCUT2D eigenvalue weighted by atomic mass is 16.5. The van der Waals surface area contributed by atoms with Crippen LogP contribution in [0.5, 0.6) is 0 Å². The Labute approximate surface area is 129 Å². The zero-order valence-corrected chi connectivity index (χ0v) is 13.3. The van der Waals surface area contributed by atoms with Gasteiger partial charge in [-0.3, -0.25) is 9.78 Å². The van der Waals surface area contributed by atoms with Gasteiger partial charge < -0.3 is 14.6 Å². The lowest BCUT2D eigenvalue weighted by Crippen LogP contribution is -2.25. The van der Waals surface area contributed by atoms with Crippen molar-refractivity contribution in [2.45, 2.75) is 27.2 Å². The van der Waals surface area contributed by atoms with Gasteiger partial charge in [-0.15, -0.1) is 0 Å². The number of nitrogens with one attached hydrogen (secondary N) is 2. The number of esters is 1. The Bertz CT molecular complexity index is 626. The van der Waals surface area contributed by atoms with Crippen LogP contribution in [0.1, 0.15) is 31.5 Å². The highest BCUT2D eigenvalue weighted by Crippen LogP contribution is 1.99. The molecule has 0 bridgehead atoms. The lowest BCUT2D eigenvalue weighted by molar-refractivity contribution is -0.137. The van der Waals surface area contributed by atoms with E-state index in [9.17, 15) is 14.4 Å². The van der Waals surface area contributed by atoms with Gasteiger partial charge in [0.25, 0.3) is 5.56 Å². The maximum atomic E-state index is 11.6. The molecule has 7 heteroatoms. The fraction of sp³-hybridized carbons (Fsp3) is 0.533. The van der Waals surface area contributed by atoms with Crippen LogP contribution in [0.3, 0.4) is 0 Å². The van der Waals surface area contributed by atoms with Crippen LogP contribution in [-0.4, -0.2) is 47.1 Å². The maximum absolute atomic E-state index is 11.6. The molecule has 22 heavy (non-hydrogen) atoms. The van der Waals surface area contributed by atoms with E-state index in [2.05, 4.69) is 28.7 Å². The summed E-state index contributed by atoms with van der Waals surface area (Å²) in [5, 5.41) is 0. The Balaban J connectivity index is 2.49. The summed E-state index contributed by atoms with van der Waals surface area (Å²) in [7, 11) is 0. The number of H-pyrrole nitrogens is 2. The minimum absolute atomic E-state index is 0.236. The van der Waals surface area contributed by atoms with Crippen molar-refractivity contribution in [1.82, 2.24) is 14.9 Å². The summed E-state index contributed by atoms with van der Waals surface area (Å²) in [4.78, 5) is 41.0. The third-order valence-corrected chi connectivity index (χ3v) is 3.32. The SMILES string of the molecule is CCN(CC)CCCOC(=O)/C=C\c1c(C)[nH]c(=O)[nH]c1=O. The number of aromatic amines is 2. The molecule has 0 unspecified atom stereocenters. The van der Waals surface area contributed by atoms with Gasteiger partial charge in [0.1, 0.15) is 0 Å². The molecule has 0 saturated heterocycles. The van der Waals surface area contributed by atoms with Gasteiger partial charge >= 0.3 is 11.7 Å². The van der Waals surface area contributed by atoms with Gasteiger partial charge in [0.15, 0.2) is 0 Å². The van der Waals surface area contributed by atoms with Crippen molar-refractivity contribution >= 4 is 12.0 Å². The number of ether oxygens (including phenoxy) is 1. The highest BCUT2D eigenvalue weighted by Gasteiger charge is 2.04. The molecule has 2 N–H and O–H groups in total. The summed E-state index contributed by atoms with van der Waals surface area (Å²) in [5.41, 5.74) is -0.468. The second-order valence-electron chi connectivity index (χ2n) is 4.83. The quantitative estimate of drug-likeness (QED) is 0.418. The van der Waals surface area contributed by atoms with E-state index < -0.39 is 17.2 Å². The van der Waals surface area contributed by atoms with Crippen molar-refractivity contribution in [3.8, 4) is 0 Å². The first-order chi connectivity index (χ1) is 10.5. The van der Waals surface area contributed by atoms with Crippen molar-refractivity contribution in [3.05, 3.63) is 38.2 Å². The second-order valence-corrected chi connectivity index (χ2v) is 4.83. The lowest BCUT2D eigenvalue weighted by atomic mass is 10.2. The molecule has 0 amide bonds. The number of hydrogen-bond acceptors (Lipinski definition) is 5. The van der Waals surface area contributed by atoms with Gasteiger partial charge in [-0.05, 0) is 32.5 Å². The fourth-order valence-electron chi connectivity index (χ4n) is 2.01. The first-order valence-electron chi connectivity index (χ1n) is 7.38.